The molecule has 1 aliphatic heterocycles. The zero-order chi connectivity index (χ0) is 9.40. The number of nitrogens with one attached hydrogen (secondary N) is 1. The number of hydrogen-bond donors (Lipinski definition) is 2. The maximum Gasteiger partial charge on any atom is 0.334 e. The van der Waals surface area contributed by atoms with Crippen molar-refractivity contribution in [1.82, 2.24) is 5.32 Å². The van der Waals surface area contributed by atoms with Crippen molar-refractivity contribution in [2.45, 2.75) is 13.0 Å². The van der Waals surface area contributed by atoms with E-state index in [0.717, 1.165) is 12.4 Å². The molecule has 72 valence electrons. The molecule has 0 aromatic carbocycles. The highest BCUT2D eigenvalue weighted by Gasteiger charge is 2.19. The highest BCUT2D eigenvalue weighted by Crippen LogP contribution is 1.94. The number of aliphatic carboxylic acids is 1. The van der Waals surface area contributed by atoms with Crippen molar-refractivity contribution in [2.24, 2.45) is 0 Å². The lowest BCUT2D eigenvalue weighted by Crippen LogP contribution is -2.42. The molecule has 0 saturated carbocycles. The second kappa shape index (κ2) is 7.34. The minimum atomic E-state index is -0.887. The zero-order valence-corrected chi connectivity index (χ0v) is 7.80. The molecule has 1 saturated heterocycles. The number of hydrogen-bond acceptors (Lipinski definition) is 3. The van der Waals surface area contributed by atoms with Crippen molar-refractivity contribution >= 4 is 17.6 Å². The largest absolute Gasteiger partial charge is 0.479 e. The molecule has 1 fully saturated rings. The number of carboxylic acids is 1. The summed E-state index contributed by atoms with van der Waals surface area (Å²) in [6.07, 6.45) is -0.640. The van der Waals surface area contributed by atoms with Crippen LogP contribution in [-0.4, -0.2) is 42.8 Å². The first-order valence-electron chi connectivity index (χ1n) is 3.83. The molecule has 0 aromatic heterocycles. The first kappa shape index (κ1) is 11.7. The van der Waals surface area contributed by atoms with Gasteiger partial charge in [0.25, 0.3) is 0 Å². The molecule has 1 rings (SSSR count). The van der Waals surface area contributed by atoms with Crippen LogP contribution in [0.25, 0.3) is 0 Å². The van der Waals surface area contributed by atoms with Gasteiger partial charge in [-0.15, -0.1) is 11.6 Å². The third kappa shape index (κ3) is 5.35. The van der Waals surface area contributed by atoms with Gasteiger partial charge in [-0.1, -0.05) is 6.92 Å². The number of rotatable bonds is 1. The van der Waals surface area contributed by atoms with Crippen molar-refractivity contribution in [3.8, 4) is 0 Å². The Kier molecular flexibility index (Phi) is 7.14. The van der Waals surface area contributed by atoms with Gasteiger partial charge in [0.05, 0.1) is 6.61 Å². The van der Waals surface area contributed by atoms with E-state index in [1.54, 1.807) is 0 Å². The van der Waals surface area contributed by atoms with Gasteiger partial charge in [0.1, 0.15) is 0 Å². The molecule has 1 aliphatic rings. The topological polar surface area (TPSA) is 58.6 Å². The number of morpholine rings is 1. The lowest BCUT2D eigenvalue weighted by atomic mass is 10.3. The Hall–Kier alpha value is -0.320. The predicted molar refractivity (Wildman–Crippen MR) is 46.6 cm³/mol. The Morgan fingerprint density at radius 2 is 2.42 bits per heavy atom. The van der Waals surface area contributed by atoms with Crippen LogP contribution in [0.1, 0.15) is 6.92 Å². The van der Waals surface area contributed by atoms with Gasteiger partial charge in [-0.3, -0.25) is 0 Å². The van der Waals surface area contributed by atoms with E-state index >= 15 is 0 Å². The smallest absolute Gasteiger partial charge is 0.334 e. The van der Waals surface area contributed by atoms with E-state index in [9.17, 15) is 4.79 Å². The number of carboxylic acid groups (broad SMARTS) is 1. The van der Waals surface area contributed by atoms with E-state index in [0.29, 0.717) is 13.2 Å². The van der Waals surface area contributed by atoms with Crippen LogP contribution < -0.4 is 5.32 Å². The SMILES string of the molecule is CCCl.O=C(O)C1CNCCO1. The summed E-state index contributed by atoms with van der Waals surface area (Å²) >= 11 is 5.00. The molecule has 0 amide bonds. The highest BCUT2D eigenvalue weighted by molar-refractivity contribution is 6.17. The van der Waals surface area contributed by atoms with Crippen molar-refractivity contribution in [2.75, 3.05) is 25.6 Å². The van der Waals surface area contributed by atoms with Gasteiger partial charge in [-0.25, -0.2) is 4.79 Å². The fraction of sp³-hybridized carbons (Fsp3) is 0.857. The zero-order valence-electron chi connectivity index (χ0n) is 7.05. The Labute approximate surface area is 76.9 Å². The summed E-state index contributed by atoms with van der Waals surface area (Å²) < 4.78 is 4.88. The number of halogens is 1. The standard InChI is InChI=1S/C5H9NO3.C2H5Cl/c7-5(8)4-3-6-1-2-9-4;1-2-3/h4,6H,1-3H2,(H,7,8);2H2,1H3. The molecular formula is C7H14ClNO3. The second-order valence-corrected chi connectivity index (χ2v) is 2.70. The van der Waals surface area contributed by atoms with Crippen LogP contribution >= 0.6 is 11.6 Å². The molecule has 0 aromatic rings. The highest BCUT2D eigenvalue weighted by atomic mass is 35.5. The second-order valence-electron chi connectivity index (χ2n) is 2.17. The van der Waals surface area contributed by atoms with Gasteiger partial charge in [0.15, 0.2) is 6.10 Å². The van der Waals surface area contributed by atoms with Crippen molar-refractivity contribution in [3.63, 3.8) is 0 Å². The van der Waals surface area contributed by atoms with E-state index in [4.69, 9.17) is 21.4 Å². The molecule has 0 bridgehead atoms. The van der Waals surface area contributed by atoms with Crippen LogP contribution in [0.15, 0.2) is 0 Å². The van der Waals surface area contributed by atoms with Gasteiger partial charge >= 0.3 is 5.97 Å². The van der Waals surface area contributed by atoms with Crippen LogP contribution in [0.2, 0.25) is 0 Å². The molecule has 0 radical (unpaired) electrons. The van der Waals surface area contributed by atoms with Gasteiger partial charge in [0.2, 0.25) is 0 Å². The third-order valence-corrected chi connectivity index (χ3v) is 1.20. The Morgan fingerprint density at radius 1 is 1.83 bits per heavy atom. The third-order valence-electron chi connectivity index (χ3n) is 1.20. The molecular weight excluding hydrogens is 182 g/mol. The first-order chi connectivity index (χ1) is 5.72. The summed E-state index contributed by atoms with van der Waals surface area (Å²) in [5.41, 5.74) is 0. The summed E-state index contributed by atoms with van der Waals surface area (Å²) in [5.74, 6) is -0.165. The molecule has 5 heteroatoms. The van der Waals surface area contributed by atoms with Crippen molar-refractivity contribution in [3.05, 3.63) is 0 Å². The average molecular weight is 196 g/mol. The lowest BCUT2D eigenvalue weighted by Gasteiger charge is -2.19. The van der Waals surface area contributed by atoms with Crippen molar-refractivity contribution < 1.29 is 14.6 Å². The minimum absolute atomic E-state index is 0.426. The fourth-order valence-electron chi connectivity index (χ4n) is 0.724. The van der Waals surface area contributed by atoms with Crippen molar-refractivity contribution in [1.29, 1.82) is 0 Å². The lowest BCUT2D eigenvalue weighted by molar-refractivity contribution is -0.151. The van der Waals surface area contributed by atoms with E-state index in [1.807, 2.05) is 6.92 Å². The Morgan fingerprint density at radius 3 is 2.67 bits per heavy atom. The molecule has 4 nitrogen and oxygen atoms in total. The Balaban J connectivity index is 0.000000354. The van der Waals surface area contributed by atoms with E-state index < -0.39 is 12.1 Å². The van der Waals surface area contributed by atoms with Gasteiger partial charge in [0, 0.05) is 19.0 Å². The van der Waals surface area contributed by atoms with Gasteiger partial charge in [-0.2, -0.15) is 0 Å². The van der Waals surface area contributed by atoms with Crippen LogP contribution in [-0.2, 0) is 9.53 Å². The fourth-order valence-corrected chi connectivity index (χ4v) is 0.724. The molecule has 1 atom stereocenters. The number of ether oxygens (including phenoxy) is 1. The summed E-state index contributed by atoms with van der Waals surface area (Å²) in [6, 6.07) is 0. The maximum absolute atomic E-state index is 10.2. The first-order valence-corrected chi connectivity index (χ1v) is 4.37. The summed E-state index contributed by atoms with van der Waals surface area (Å²) in [7, 11) is 0. The molecule has 12 heavy (non-hydrogen) atoms. The summed E-state index contributed by atoms with van der Waals surface area (Å²) in [4.78, 5) is 10.2. The molecule has 0 aliphatic carbocycles. The predicted octanol–water partition coefficient (Wildman–Crippen LogP) is 0.305. The summed E-state index contributed by atoms with van der Waals surface area (Å²) in [5, 5.41) is 11.3. The van der Waals surface area contributed by atoms with Gasteiger partial charge in [-0.05, 0) is 0 Å². The van der Waals surface area contributed by atoms with Crippen LogP contribution in [0.4, 0.5) is 0 Å². The normalized spacial score (nSPS) is 22.3. The minimum Gasteiger partial charge on any atom is -0.479 e. The number of alkyl halides is 1. The number of carbonyl (C=O) groups is 1. The monoisotopic (exact) mass is 195 g/mol. The quantitative estimate of drug-likeness (QED) is 0.592. The van der Waals surface area contributed by atoms with E-state index in [2.05, 4.69) is 5.32 Å². The van der Waals surface area contributed by atoms with Gasteiger partial charge < -0.3 is 15.2 Å². The summed E-state index contributed by atoms with van der Waals surface area (Å²) in [6.45, 7) is 3.57. The molecule has 1 unspecified atom stereocenters. The van der Waals surface area contributed by atoms with Crippen LogP contribution in [0.5, 0.6) is 0 Å². The maximum atomic E-state index is 10.2. The Bertz CT molecular complexity index is 126. The molecule has 2 N–H and O–H groups in total. The molecule has 1 heterocycles. The average Bonchev–Trinajstić information content (AvgIpc) is 2.07. The van der Waals surface area contributed by atoms with Crippen LogP contribution in [0.3, 0.4) is 0 Å². The molecule has 0 spiro atoms. The van der Waals surface area contributed by atoms with Crippen LogP contribution in [0, 0.1) is 0 Å². The van der Waals surface area contributed by atoms with E-state index in [-0.39, 0.29) is 0 Å². The van der Waals surface area contributed by atoms with E-state index in [1.165, 1.54) is 0 Å².